The number of thiocarbonyl (C=S) groups is 1. The van der Waals surface area contributed by atoms with Crippen molar-refractivity contribution in [2.45, 2.75) is 45.2 Å². The number of methoxy groups -OCH3 is 1. The Hall–Kier alpha value is -1.47. The van der Waals surface area contributed by atoms with E-state index in [1.165, 1.54) is 31.0 Å². The second-order valence-corrected chi connectivity index (χ2v) is 9.24. The van der Waals surface area contributed by atoms with Crippen LogP contribution in [-0.2, 0) is 4.79 Å². The normalized spacial score (nSPS) is 22.9. The number of hydrogen-bond acceptors (Lipinski definition) is 5. The van der Waals surface area contributed by atoms with Crippen LogP contribution in [0.1, 0.15) is 33.1 Å². The number of anilines is 1. The Kier molecular flexibility index (Phi) is 7.46. The Labute approximate surface area is 178 Å². The summed E-state index contributed by atoms with van der Waals surface area (Å²) in [5, 5.41) is 0. The maximum atomic E-state index is 12.7. The van der Waals surface area contributed by atoms with E-state index in [0.29, 0.717) is 17.8 Å². The highest BCUT2D eigenvalue weighted by molar-refractivity contribution is 8.23. The molecule has 5 nitrogen and oxygen atoms in total. The van der Waals surface area contributed by atoms with Gasteiger partial charge >= 0.3 is 0 Å². The van der Waals surface area contributed by atoms with Crippen LogP contribution >= 0.6 is 24.0 Å². The molecule has 154 valence electrons. The van der Waals surface area contributed by atoms with Crippen molar-refractivity contribution in [1.29, 1.82) is 0 Å². The molecule has 0 saturated carbocycles. The molecule has 2 aliphatic heterocycles. The molecule has 1 amide bonds. The Morgan fingerprint density at radius 1 is 1.14 bits per heavy atom. The van der Waals surface area contributed by atoms with E-state index in [4.69, 9.17) is 17.0 Å². The van der Waals surface area contributed by atoms with Gasteiger partial charge in [0.1, 0.15) is 10.1 Å². The first-order valence-electron chi connectivity index (χ1n) is 10.1. The van der Waals surface area contributed by atoms with Gasteiger partial charge in [-0.05, 0) is 45.2 Å². The van der Waals surface area contributed by atoms with Crippen LogP contribution in [0.2, 0.25) is 0 Å². The quantitative estimate of drug-likeness (QED) is 0.691. The SMILES string of the molecule is COc1ccccc1N1CCN(C(=O)CSC(=S)N2[C@H](C)CCC[C@@H]2C)CC1. The number of likely N-dealkylation sites (tertiary alicyclic amines) is 1. The lowest BCUT2D eigenvalue weighted by molar-refractivity contribution is -0.128. The molecule has 2 heterocycles. The van der Waals surface area contributed by atoms with Gasteiger partial charge in [0.15, 0.2) is 0 Å². The summed E-state index contributed by atoms with van der Waals surface area (Å²) in [6.07, 6.45) is 3.63. The van der Waals surface area contributed by atoms with E-state index in [2.05, 4.69) is 29.7 Å². The van der Waals surface area contributed by atoms with Gasteiger partial charge in [-0.3, -0.25) is 4.79 Å². The molecule has 2 saturated heterocycles. The summed E-state index contributed by atoms with van der Waals surface area (Å²) in [5.41, 5.74) is 1.10. The van der Waals surface area contributed by atoms with Gasteiger partial charge in [-0.1, -0.05) is 36.1 Å². The molecule has 7 heteroatoms. The van der Waals surface area contributed by atoms with Crippen LogP contribution in [0.25, 0.3) is 0 Å². The van der Waals surface area contributed by atoms with Crippen molar-refractivity contribution in [1.82, 2.24) is 9.80 Å². The standard InChI is InChI=1S/C21H31N3O2S2/c1-16-7-6-8-17(2)24(16)21(27)28-15-20(25)23-13-11-22(12-14-23)18-9-4-5-10-19(18)26-3/h4-5,9-10,16-17H,6-8,11-15H2,1-3H3/t16-,17+. The first-order chi connectivity index (χ1) is 13.5. The zero-order chi connectivity index (χ0) is 20.1. The molecule has 1 aromatic rings. The van der Waals surface area contributed by atoms with Crippen LogP contribution in [0.15, 0.2) is 24.3 Å². The van der Waals surface area contributed by atoms with Crippen LogP contribution in [0, 0.1) is 0 Å². The summed E-state index contributed by atoms with van der Waals surface area (Å²) in [6.45, 7) is 7.59. The van der Waals surface area contributed by atoms with E-state index in [9.17, 15) is 4.79 Å². The molecule has 0 aromatic heterocycles. The number of benzene rings is 1. The second kappa shape index (κ2) is 9.83. The van der Waals surface area contributed by atoms with Gasteiger partial charge in [-0.15, -0.1) is 0 Å². The van der Waals surface area contributed by atoms with Crippen molar-refractivity contribution in [2.24, 2.45) is 0 Å². The molecular weight excluding hydrogens is 390 g/mol. The zero-order valence-corrected chi connectivity index (χ0v) is 18.7. The number of carbonyl (C=O) groups excluding carboxylic acids is 1. The number of rotatable bonds is 4. The third kappa shape index (κ3) is 4.92. The van der Waals surface area contributed by atoms with Crippen LogP contribution in [0.4, 0.5) is 5.69 Å². The largest absolute Gasteiger partial charge is 0.495 e. The molecule has 0 N–H and O–H groups in total. The average Bonchev–Trinajstić information content (AvgIpc) is 2.72. The number of carbonyl (C=O) groups is 1. The molecule has 0 bridgehead atoms. The molecule has 3 rings (SSSR count). The number of piperidine rings is 1. The lowest BCUT2D eigenvalue weighted by Crippen LogP contribution is -2.50. The Morgan fingerprint density at radius 3 is 2.43 bits per heavy atom. The van der Waals surface area contributed by atoms with Gasteiger partial charge < -0.3 is 19.4 Å². The van der Waals surface area contributed by atoms with Crippen molar-refractivity contribution in [3.8, 4) is 5.75 Å². The average molecular weight is 422 g/mol. The number of ether oxygens (including phenoxy) is 1. The molecule has 2 aliphatic rings. The third-order valence-corrected chi connectivity index (χ3v) is 7.20. The van der Waals surface area contributed by atoms with Crippen LogP contribution < -0.4 is 9.64 Å². The summed E-state index contributed by atoms with van der Waals surface area (Å²) in [5.74, 6) is 1.50. The summed E-state index contributed by atoms with van der Waals surface area (Å²) in [6, 6.07) is 9.01. The van der Waals surface area contributed by atoms with Crippen LogP contribution in [0.3, 0.4) is 0 Å². The number of hydrogen-bond donors (Lipinski definition) is 0. The lowest BCUT2D eigenvalue weighted by atomic mass is 9.99. The van der Waals surface area contributed by atoms with Crippen LogP contribution in [-0.4, -0.2) is 71.2 Å². The van der Waals surface area contributed by atoms with Gasteiger partial charge in [0.25, 0.3) is 0 Å². The minimum atomic E-state index is 0.185. The van der Waals surface area contributed by atoms with E-state index in [-0.39, 0.29) is 5.91 Å². The smallest absolute Gasteiger partial charge is 0.233 e. The topological polar surface area (TPSA) is 36.0 Å². The minimum absolute atomic E-state index is 0.185. The fraction of sp³-hybridized carbons (Fsp3) is 0.619. The van der Waals surface area contributed by atoms with E-state index in [1.54, 1.807) is 7.11 Å². The van der Waals surface area contributed by atoms with E-state index >= 15 is 0 Å². The van der Waals surface area contributed by atoms with Crippen molar-refractivity contribution in [3.05, 3.63) is 24.3 Å². The molecule has 0 radical (unpaired) electrons. The Morgan fingerprint density at radius 2 is 1.79 bits per heavy atom. The molecule has 0 aliphatic carbocycles. The number of amides is 1. The van der Waals surface area contributed by atoms with Gasteiger partial charge in [-0.2, -0.15) is 0 Å². The maximum absolute atomic E-state index is 12.7. The first kappa shape index (κ1) is 21.2. The monoisotopic (exact) mass is 421 g/mol. The predicted octanol–water partition coefficient (Wildman–Crippen LogP) is 3.62. The number of piperazine rings is 1. The molecule has 1 aromatic carbocycles. The zero-order valence-electron chi connectivity index (χ0n) is 17.1. The summed E-state index contributed by atoms with van der Waals surface area (Å²) in [4.78, 5) is 19.3. The predicted molar refractivity (Wildman–Crippen MR) is 121 cm³/mol. The van der Waals surface area contributed by atoms with Crippen molar-refractivity contribution >= 4 is 39.9 Å². The van der Waals surface area contributed by atoms with Gasteiger partial charge in [0, 0.05) is 38.3 Å². The maximum Gasteiger partial charge on any atom is 0.233 e. The van der Waals surface area contributed by atoms with Crippen molar-refractivity contribution in [2.75, 3.05) is 43.9 Å². The highest BCUT2D eigenvalue weighted by Gasteiger charge is 2.28. The lowest BCUT2D eigenvalue weighted by Gasteiger charge is -2.40. The summed E-state index contributed by atoms with van der Waals surface area (Å²) < 4.78 is 6.34. The number of thioether (sulfide) groups is 1. The van der Waals surface area contributed by atoms with Gasteiger partial charge in [0.05, 0.1) is 18.6 Å². The Bertz CT molecular complexity index is 682. The van der Waals surface area contributed by atoms with E-state index in [0.717, 1.165) is 41.9 Å². The number of para-hydroxylation sites is 2. The Balaban J connectivity index is 1.48. The molecule has 2 atom stereocenters. The van der Waals surface area contributed by atoms with E-state index in [1.807, 2.05) is 23.1 Å². The minimum Gasteiger partial charge on any atom is -0.495 e. The first-order valence-corrected chi connectivity index (χ1v) is 11.5. The summed E-state index contributed by atoms with van der Waals surface area (Å²) in [7, 11) is 1.70. The highest BCUT2D eigenvalue weighted by Crippen LogP contribution is 2.29. The molecule has 0 spiro atoms. The fourth-order valence-corrected chi connectivity index (χ4v) is 5.63. The van der Waals surface area contributed by atoms with Crippen molar-refractivity contribution < 1.29 is 9.53 Å². The third-order valence-electron chi connectivity index (χ3n) is 5.78. The van der Waals surface area contributed by atoms with Gasteiger partial charge in [-0.25, -0.2) is 0 Å². The molecule has 0 unspecified atom stereocenters. The van der Waals surface area contributed by atoms with Gasteiger partial charge in [0.2, 0.25) is 5.91 Å². The van der Waals surface area contributed by atoms with Crippen molar-refractivity contribution in [3.63, 3.8) is 0 Å². The highest BCUT2D eigenvalue weighted by atomic mass is 32.2. The summed E-state index contributed by atoms with van der Waals surface area (Å²) >= 11 is 7.18. The fourth-order valence-electron chi connectivity index (χ4n) is 4.16. The molecular formula is C21H31N3O2S2. The molecule has 28 heavy (non-hydrogen) atoms. The number of nitrogens with zero attached hydrogens (tertiary/aromatic N) is 3. The molecule has 2 fully saturated rings. The van der Waals surface area contributed by atoms with E-state index < -0.39 is 0 Å². The second-order valence-electron chi connectivity index (χ2n) is 7.63. The van der Waals surface area contributed by atoms with Crippen LogP contribution in [0.5, 0.6) is 5.75 Å².